The Hall–Kier alpha value is -2.75. The van der Waals surface area contributed by atoms with Crippen molar-refractivity contribution in [3.63, 3.8) is 0 Å². The highest BCUT2D eigenvalue weighted by Crippen LogP contribution is 2.34. The van der Waals surface area contributed by atoms with E-state index in [2.05, 4.69) is 5.32 Å². The van der Waals surface area contributed by atoms with E-state index in [1.54, 1.807) is 24.3 Å². The minimum Gasteiger partial charge on any atom is -0.508 e. The predicted octanol–water partition coefficient (Wildman–Crippen LogP) is 2.17. The molecule has 0 saturated carbocycles. The number of fused-ring (bicyclic) bond motifs is 1. The third kappa shape index (κ3) is 1.83. The first-order chi connectivity index (χ1) is 9.16. The van der Waals surface area contributed by atoms with Crippen LogP contribution in [-0.4, -0.2) is 11.0 Å². The van der Waals surface area contributed by atoms with Gasteiger partial charge in [-0.2, -0.15) is 0 Å². The van der Waals surface area contributed by atoms with Crippen LogP contribution in [0.3, 0.4) is 0 Å². The Labute approximate surface area is 110 Å². The second-order valence-electron chi connectivity index (χ2n) is 4.34. The van der Waals surface area contributed by atoms with Crippen molar-refractivity contribution in [1.29, 1.82) is 0 Å². The van der Waals surface area contributed by atoms with E-state index in [1.165, 1.54) is 0 Å². The highest BCUT2D eigenvalue weighted by atomic mass is 16.3. The Balaban J connectivity index is 2.17. The number of carbonyl (C=O) groups excluding carboxylic acids is 1. The lowest BCUT2D eigenvalue weighted by molar-refractivity contribution is -0.110. The molecule has 0 fully saturated rings. The maximum Gasteiger partial charge on any atom is 0.258 e. The zero-order valence-electron chi connectivity index (χ0n) is 10.1. The lowest BCUT2D eigenvalue weighted by atomic mass is 10.0. The van der Waals surface area contributed by atoms with Crippen LogP contribution in [0.1, 0.15) is 11.1 Å². The molecule has 1 aliphatic heterocycles. The smallest absolute Gasteiger partial charge is 0.258 e. The summed E-state index contributed by atoms with van der Waals surface area (Å²) in [5.41, 5.74) is 9.25. The van der Waals surface area contributed by atoms with Crippen LogP contribution in [0.2, 0.25) is 0 Å². The normalized spacial score (nSPS) is 15.9. The molecule has 94 valence electrons. The minimum atomic E-state index is -0.202. The Bertz CT molecular complexity index is 688. The summed E-state index contributed by atoms with van der Waals surface area (Å²) in [4.78, 5) is 12.0. The minimum absolute atomic E-state index is 0.165. The first-order valence-electron chi connectivity index (χ1n) is 5.87. The summed E-state index contributed by atoms with van der Waals surface area (Å²) < 4.78 is 0. The Morgan fingerprint density at radius 3 is 2.47 bits per heavy atom. The lowest BCUT2D eigenvalue weighted by Gasteiger charge is -2.06. The summed E-state index contributed by atoms with van der Waals surface area (Å²) in [5.74, 6) is -0.0374. The molecule has 4 nitrogen and oxygen atoms in total. The van der Waals surface area contributed by atoms with Crippen molar-refractivity contribution in [2.45, 2.75) is 0 Å². The number of para-hydroxylation sites is 1. The van der Waals surface area contributed by atoms with Crippen LogP contribution in [0.5, 0.6) is 5.75 Å². The van der Waals surface area contributed by atoms with Gasteiger partial charge in [-0.3, -0.25) is 4.79 Å². The number of hydrogen-bond donors (Lipinski definition) is 3. The average molecular weight is 252 g/mol. The van der Waals surface area contributed by atoms with E-state index in [0.717, 1.165) is 11.3 Å². The number of anilines is 1. The largest absolute Gasteiger partial charge is 0.508 e. The molecule has 4 heteroatoms. The van der Waals surface area contributed by atoms with Crippen molar-refractivity contribution in [1.82, 2.24) is 0 Å². The summed E-state index contributed by atoms with van der Waals surface area (Å²) in [6.45, 7) is 0. The van der Waals surface area contributed by atoms with Gasteiger partial charge in [0.05, 0.1) is 11.3 Å². The van der Waals surface area contributed by atoms with E-state index in [0.29, 0.717) is 16.8 Å². The molecule has 19 heavy (non-hydrogen) atoms. The molecular formula is C15H12N2O2. The van der Waals surface area contributed by atoms with Crippen LogP contribution >= 0.6 is 0 Å². The second-order valence-corrected chi connectivity index (χ2v) is 4.34. The Kier molecular flexibility index (Phi) is 2.49. The zero-order valence-corrected chi connectivity index (χ0v) is 10.1. The van der Waals surface area contributed by atoms with Crippen molar-refractivity contribution in [2.24, 2.45) is 5.73 Å². The van der Waals surface area contributed by atoms with Gasteiger partial charge in [-0.1, -0.05) is 18.2 Å². The molecule has 2 aromatic rings. The number of rotatable bonds is 1. The number of nitrogens with one attached hydrogen (secondary N) is 1. The molecule has 0 bridgehead atoms. The SMILES string of the molecule is N/C(=C1\C(=O)Nc2ccccc21)c1ccc(O)cc1. The van der Waals surface area contributed by atoms with Gasteiger partial charge in [0.15, 0.2) is 0 Å². The molecule has 1 heterocycles. The molecule has 3 rings (SSSR count). The summed E-state index contributed by atoms with van der Waals surface area (Å²) in [5, 5.41) is 12.1. The molecule has 4 N–H and O–H groups in total. The van der Waals surface area contributed by atoms with Crippen molar-refractivity contribution >= 4 is 22.9 Å². The van der Waals surface area contributed by atoms with Crippen LogP contribution in [0.4, 0.5) is 5.69 Å². The molecule has 0 aromatic heterocycles. The van der Waals surface area contributed by atoms with Gasteiger partial charge in [-0.05, 0) is 35.9 Å². The van der Waals surface area contributed by atoms with Gasteiger partial charge in [0.1, 0.15) is 5.75 Å². The Morgan fingerprint density at radius 2 is 1.74 bits per heavy atom. The standard InChI is InChI=1S/C15H12N2O2/c16-14(9-5-7-10(18)8-6-9)13-11-3-1-2-4-12(11)17-15(13)19/h1-8,18H,16H2,(H,17,19)/b14-13-. The lowest BCUT2D eigenvalue weighted by Crippen LogP contribution is -2.09. The van der Waals surface area contributed by atoms with E-state index < -0.39 is 0 Å². The number of carbonyl (C=O) groups is 1. The highest BCUT2D eigenvalue weighted by molar-refractivity contribution is 6.36. The first-order valence-corrected chi connectivity index (χ1v) is 5.87. The highest BCUT2D eigenvalue weighted by Gasteiger charge is 2.26. The topological polar surface area (TPSA) is 75.4 Å². The van der Waals surface area contributed by atoms with Crippen LogP contribution in [-0.2, 0) is 4.79 Å². The number of amides is 1. The molecular weight excluding hydrogens is 240 g/mol. The van der Waals surface area contributed by atoms with Gasteiger partial charge in [0.25, 0.3) is 5.91 Å². The maximum absolute atomic E-state index is 12.0. The zero-order chi connectivity index (χ0) is 13.4. The fraction of sp³-hybridized carbons (Fsp3) is 0. The fourth-order valence-electron chi connectivity index (χ4n) is 2.17. The molecule has 2 aromatic carbocycles. The number of aromatic hydroxyl groups is 1. The van der Waals surface area contributed by atoms with Gasteiger partial charge in [-0.25, -0.2) is 0 Å². The summed E-state index contributed by atoms with van der Waals surface area (Å²) in [6.07, 6.45) is 0. The van der Waals surface area contributed by atoms with Gasteiger partial charge in [-0.15, -0.1) is 0 Å². The molecule has 0 radical (unpaired) electrons. The van der Waals surface area contributed by atoms with Gasteiger partial charge in [0.2, 0.25) is 0 Å². The number of phenolic OH excluding ortho intramolecular Hbond substituents is 1. The quantitative estimate of drug-likeness (QED) is 0.681. The molecule has 0 aliphatic carbocycles. The molecule has 1 amide bonds. The van der Waals surface area contributed by atoms with E-state index in [9.17, 15) is 9.90 Å². The van der Waals surface area contributed by atoms with Crippen molar-refractivity contribution in [3.8, 4) is 5.75 Å². The van der Waals surface area contributed by atoms with Crippen LogP contribution < -0.4 is 11.1 Å². The van der Waals surface area contributed by atoms with Crippen molar-refractivity contribution in [3.05, 3.63) is 59.7 Å². The maximum atomic E-state index is 12.0. The van der Waals surface area contributed by atoms with E-state index >= 15 is 0 Å². The van der Waals surface area contributed by atoms with E-state index in [4.69, 9.17) is 5.73 Å². The first kappa shape index (κ1) is 11.3. The van der Waals surface area contributed by atoms with E-state index in [1.807, 2.05) is 24.3 Å². The fourth-order valence-corrected chi connectivity index (χ4v) is 2.17. The number of nitrogens with two attached hydrogens (primary N) is 1. The number of phenols is 1. The molecule has 0 unspecified atom stereocenters. The second kappa shape index (κ2) is 4.17. The van der Waals surface area contributed by atoms with Crippen LogP contribution in [0.15, 0.2) is 48.5 Å². The average Bonchev–Trinajstić information content (AvgIpc) is 2.74. The van der Waals surface area contributed by atoms with Crippen LogP contribution in [0.25, 0.3) is 11.3 Å². The molecule has 1 aliphatic rings. The van der Waals surface area contributed by atoms with Gasteiger partial charge >= 0.3 is 0 Å². The number of benzene rings is 2. The molecule has 0 atom stereocenters. The third-order valence-corrected chi connectivity index (χ3v) is 3.12. The Morgan fingerprint density at radius 1 is 1.05 bits per heavy atom. The van der Waals surface area contributed by atoms with Crippen molar-refractivity contribution in [2.75, 3.05) is 5.32 Å². The van der Waals surface area contributed by atoms with E-state index in [-0.39, 0.29) is 11.7 Å². The van der Waals surface area contributed by atoms with Crippen LogP contribution in [0, 0.1) is 0 Å². The third-order valence-electron chi connectivity index (χ3n) is 3.12. The van der Waals surface area contributed by atoms with Gasteiger partial charge in [0, 0.05) is 11.3 Å². The molecule has 0 saturated heterocycles. The summed E-state index contributed by atoms with van der Waals surface area (Å²) in [7, 11) is 0. The molecule has 0 spiro atoms. The summed E-state index contributed by atoms with van der Waals surface area (Å²) in [6, 6.07) is 13.9. The number of hydrogen-bond acceptors (Lipinski definition) is 3. The van der Waals surface area contributed by atoms with Crippen molar-refractivity contribution < 1.29 is 9.90 Å². The summed E-state index contributed by atoms with van der Waals surface area (Å²) >= 11 is 0. The van der Waals surface area contributed by atoms with Gasteiger partial charge < -0.3 is 16.2 Å². The predicted molar refractivity (Wildman–Crippen MR) is 74.2 cm³/mol. The monoisotopic (exact) mass is 252 g/mol.